The third kappa shape index (κ3) is 4.13. The minimum absolute atomic E-state index is 0.00498. The molecule has 0 fully saturated rings. The highest BCUT2D eigenvalue weighted by Gasteiger charge is 2.19. The second kappa shape index (κ2) is 7.50. The number of methoxy groups -OCH3 is 1. The van der Waals surface area contributed by atoms with Crippen LogP contribution in [0.2, 0.25) is 0 Å². The molecule has 0 atom stereocenters. The molecule has 0 aliphatic rings. The standard InChI is InChI=1S/C15H15N3O4S/c1-22-14-12(4-3-5-13(14)18(20)21)17-15(19)16-10-6-8-11(23-2)9-7-10/h3-9H,1-2H3,(H2,16,17,19). The molecule has 2 rings (SSSR count). The Hall–Kier alpha value is -2.74. The molecule has 0 saturated carbocycles. The lowest BCUT2D eigenvalue weighted by atomic mass is 10.2. The lowest BCUT2D eigenvalue weighted by molar-refractivity contribution is -0.385. The van der Waals surface area contributed by atoms with Gasteiger partial charge in [-0.25, -0.2) is 4.79 Å². The highest BCUT2D eigenvalue weighted by Crippen LogP contribution is 2.34. The SMILES string of the molecule is COc1c(NC(=O)Nc2ccc(SC)cc2)cccc1[N+](=O)[O-]. The minimum atomic E-state index is -0.566. The molecule has 0 aliphatic carbocycles. The second-order valence-corrected chi connectivity index (χ2v) is 5.30. The largest absolute Gasteiger partial charge is 0.489 e. The van der Waals surface area contributed by atoms with Crippen LogP contribution in [0.1, 0.15) is 0 Å². The van der Waals surface area contributed by atoms with Crippen LogP contribution in [-0.2, 0) is 0 Å². The number of hydrogen-bond acceptors (Lipinski definition) is 5. The molecule has 0 spiro atoms. The summed E-state index contributed by atoms with van der Waals surface area (Å²) in [6.07, 6.45) is 1.96. The summed E-state index contributed by atoms with van der Waals surface area (Å²) in [7, 11) is 1.31. The fourth-order valence-corrected chi connectivity index (χ4v) is 2.35. The van der Waals surface area contributed by atoms with E-state index in [1.54, 1.807) is 23.9 Å². The summed E-state index contributed by atoms with van der Waals surface area (Å²) in [5.74, 6) is 0.00498. The first-order valence-electron chi connectivity index (χ1n) is 6.58. The average Bonchev–Trinajstić information content (AvgIpc) is 2.55. The minimum Gasteiger partial charge on any atom is -0.489 e. The van der Waals surface area contributed by atoms with Gasteiger partial charge < -0.3 is 15.4 Å². The number of carbonyl (C=O) groups is 1. The number of benzene rings is 2. The number of thioether (sulfide) groups is 1. The summed E-state index contributed by atoms with van der Waals surface area (Å²) in [6, 6.07) is 11.1. The van der Waals surface area contributed by atoms with Gasteiger partial charge in [0.05, 0.1) is 17.7 Å². The third-order valence-electron chi connectivity index (χ3n) is 2.99. The highest BCUT2D eigenvalue weighted by atomic mass is 32.2. The number of amides is 2. The lowest BCUT2D eigenvalue weighted by Crippen LogP contribution is -2.20. The predicted octanol–water partition coefficient (Wildman–Crippen LogP) is 3.97. The van der Waals surface area contributed by atoms with Crippen molar-refractivity contribution in [3.8, 4) is 5.75 Å². The molecule has 2 amide bonds. The van der Waals surface area contributed by atoms with Crippen molar-refractivity contribution in [3.63, 3.8) is 0 Å². The fourth-order valence-electron chi connectivity index (χ4n) is 1.94. The van der Waals surface area contributed by atoms with Gasteiger partial charge in [0, 0.05) is 16.6 Å². The normalized spacial score (nSPS) is 10.0. The Bertz CT molecular complexity index is 719. The van der Waals surface area contributed by atoms with E-state index in [4.69, 9.17) is 4.74 Å². The summed E-state index contributed by atoms with van der Waals surface area (Å²) in [6.45, 7) is 0. The Morgan fingerprint density at radius 2 is 1.87 bits per heavy atom. The molecule has 7 nitrogen and oxygen atoms in total. The van der Waals surface area contributed by atoms with E-state index in [1.807, 2.05) is 18.4 Å². The van der Waals surface area contributed by atoms with Crippen LogP contribution < -0.4 is 15.4 Å². The highest BCUT2D eigenvalue weighted by molar-refractivity contribution is 7.98. The van der Waals surface area contributed by atoms with Gasteiger partial charge in [0.1, 0.15) is 0 Å². The molecule has 23 heavy (non-hydrogen) atoms. The summed E-state index contributed by atoms with van der Waals surface area (Å²) in [5.41, 5.74) is 0.624. The van der Waals surface area contributed by atoms with Gasteiger partial charge in [0.2, 0.25) is 5.75 Å². The van der Waals surface area contributed by atoms with E-state index in [0.717, 1.165) is 4.90 Å². The fraction of sp³-hybridized carbons (Fsp3) is 0.133. The Balaban J connectivity index is 2.13. The number of anilines is 2. The molecular weight excluding hydrogens is 318 g/mol. The molecule has 0 aromatic heterocycles. The molecule has 0 aliphatic heterocycles. The summed E-state index contributed by atoms with van der Waals surface area (Å²) < 4.78 is 5.03. The Morgan fingerprint density at radius 3 is 2.43 bits per heavy atom. The second-order valence-electron chi connectivity index (χ2n) is 4.42. The van der Waals surface area contributed by atoms with Gasteiger partial charge in [0.25, 0.3) is 0 Å². The molecule has 0 unspecified atom stereocenters. The summed E-state index contributed by atoms with van der Waals surface area (Å²) in [4.78, 5) is 23.5. The van der Waals surface area contributed by atoms with Crippen molar-refractivity contribution in [3.05, 3.63) is 52.6 Å². The molecule has 0 heterocycles. The van der Waals surface area contributed by atoms with Crippen LogP contribution in [0.4, 0.5) is 21.9 Å². The number of ether oxygens (including phenoxy) is 1. The quantitative estimate of drug-likeness (QED) is 0.490. The Morgan fingerprint density at radius 1 is 1.17 bits per heavy atom. The van der Waals surface area contributed by atoms with Crippen molar-refractivity contribution in [1.29, 1.82) is 0 Å². The van der Waals surface area contributed by atoms with Crippen LogP contribution in [0.15, 0.2) is 47.4 Å². The van der Waals surface area contributed by atoms with E-state index in [0.29, 0.717) is 5.69 Å². The maximum atomic E-state index is 12.0. The molecule has 2 aromatic carbocycles. The number of rotatable bonds is 5. The number of para-hydroxylation sites is 1. The van der Waals surface area contributed by atoms with E-state index >= 15 is 0 Å². The number of nitro benzene ring substituents is 1. The Labute approximate surface area is 137 Å². The van der Waals surface area contributed by atoms with E-state index in [9.17, 15) is 14.9 Å². The van der Waals surface area contributed by atoms with Crippen molar-refractivity contribution >= 4 is 34.9 Å². The van der Waals surface area contributed by atoms with Crippen molar-refractivity contribution < 1.29 is 14.5 Å². The van der Waals surface area contributed by atoms with Crippen molar-refractivity contribution in [2.45, 2.75) is 4.90 Å². The maximum Gasteiger partial charge on any atom is 0.323 e. The topological polar surface area (TPSA) is 93.5 Å². The van der Waals surface area contributed by atoms with Gasteiger partial charge in [-0.15, -0.1) is 11.8 Å². The van der Waals surface area contributed by atoms with Gasteiger partial charge >= 0.3 is 11.7 Å². The van der Waals surface area contributed by atoms with Crippen LogP contribution in [0.25, 0.3) is 0 Å². The molecule has 0 saturated heterocycles. The van der Waals surface area contributed by atoms with Crippen LogP contribution in [-0.4, -0.2) is 24.3 Å². The van der Waals surface area contributed by atoms with Crippen molar-refractivity contribution in [1.82, 2.24) is 0 Å². The van der Waals surface area contributed by atoms with E-state index < -0.39 is 11.0 Å². The van der Waals surface area contributed by atoms with Crippen molar-refractivity contribution in [2.24, 2.45) is 0 Å². The zero-order valence-corrected chi connectivity index (χ0v) is 13.3. The number of carbonyl (C=O) groups excluding carboxylic acids is 1. The van der Waals surface area contributed by atoms with E-state index in [-0.39, 0.29) is 17.1 Å². The van der Waals surface area contributed by atoms with Crippen molar-refractivity contribution in [2.75, 3.05) is 24.0 Å². The van der Waals surface area contributed by atoms with Gasteiger partial charge in [0.15, 0.2) is 0 Å². The smallest absolute Gasteiger partial charge is 0.323 e. The first kappa shape index (κ1) is 16.6. The average molecular weight is 333 g/mol. The molecule has 0 bridgehead atoms. The van der Waals surface area contributed by atoms with E-state index in [1.165, 1.54) is 25.3 Å². The molecule has 0 radical (unpaired) electrons. The number of nitro groups is 1. The lowest BCUT2D eigenvalue weighted by Gasteiger charge is -2.11. The van der Waals surface area contributed by atoms with Gasteiger partial charge in [-0.05, 0) is 36.6 Å². The molecule has 8 heteroatoms. The van der Waals surface area contributed by atoms with Gasteiger partial charge in [-0.3, -0.25) is 10.1 Å². The van der Waals surface area contributed by atoms with Crippen LogP contribution in [0.3, 0.4) is 0 Å². The summed E-state index contributed by atoms with van der Waals surface area (Å²) in [5, 5.41) is 16.2. The van der Waals surface area contributed by atoms with E-state index in [2.05, 4.69) is 10.6 Å². The molecule has 2 aromatic rings. The molecule has 2 N–H and O–H groups in total. The molecule has 120 valence electrons. The predicted molar refractivity (Wildman–Crippen MR) is 90.5 cm³/mol. The summed E-state index contributed by atoms with van der Waals surface area (Å²) >= 11 is 1.60. The van der Waals surface area contributed by atoms with Gasteiger partial charge in [-0.1, -0.05) is 6.07 Å². The number of hydrogen-bond donors (Lipinski definition) is 2. The molecular formula is C15H15N3O4S. The van der Waals surface area contributed by atoms with Crippen LogP contribution in [0.5, 0.6) is 5.75 Å². The number of urea groups is 1. The maximum absolute atomic E-state index is 12.0. The Kier molecular flexibility index (Phi) is 5.42. The monoisotopic (exact) mass is 333 g/mol. The zero-order valence-electron chi connectivity index (χ0n) is 12.5. The first-order valence-corrected chi connectivity index (χ1v) is 7.81. The van der Waals surface area contributed by atoms with Crippen LogP contribution >= 0.6 is 11.8 Å². The number of nitrogens with zero attached hydrogens (tertiary/aromatic N) is 1. The third-order valence-corrected chi connectivity index (χ3v) is 3.73. The zero-order chi connectivity index (χ0) is 16.8. The first-order chi connectivity index (χ1) is 11.0. The van der Waals surface area contributed by atoms with Gasteiger partial charge in [-0.2, -0.15) is 0 Å². The number of nitrogens with one attached hydrogen (secondary N) is 2. The van der Waals surface area contributed by atoms with Crippen LogP contribution in [0, 0.1) is 10.1 Å².